The normalized spacial score (nSPS) is 19.0. The fourth-order valence-corrected chi connectivity index (χ4v) is 3.06. The van der Waals surface area contributed by atoms with Crippen LogP contribution in [0.25, 0.3) is 0 Å². The molecule has 0 saturated carbocycles. The average molecular weight is 384 g/mol. The summed E-state index contributed by atoms with van der Waals surface area (Å²) < 4.78 is 33.1. The minimum absolute atomic E-state index is 0.216. The maximum atomic E-state index is 13.4. The van der Waals surface area contributed by atoms with Crippen LogP contribution < -0.4 is 0 Å². The van der Waals surface area contributed by atoms with Gasteiger partial charge in [-0.15, -0.1) is 0 Å². The molecule has 2 aromatic rings. The summed E-state index contributed by atoms with van der Waals surface area (Å²) in [6.07, 6.45) is -0.296. The summed E-state index contributed by atoms with van der Waals surface area (Å²) in [7, 11) is 0. The highest BCUT2D eigenvalue weighted by atomic mass is 79.9. The molecule has 0 spiro atoms. The summed E-state index contributed by atoms with van der Waals surface area (Å²) in [5.74, 6) is -1.50. The van der Waals surface area contributed by atoms with E-state index in [1.807, 2.05) is 0 Å². The second-order valence-corrected chi connectivity index (χ2v) is 6.40. The van der Waals surface area contributed by atoms with E-state index in [9.17, 15) is 13.9 Å². The number of benzene rings is 2. The number of rotatable bonds is 3. The van der Waals surface area contributed by atoms with Crippen LogP contribution in [0.2, 0.25) is 0 Å². The summed E-state index contributed by atoms with van der Waals surface area (Å²) in [4.78, 5) is 2.16. The van der Waals surface area contributed by atoms with Crippen molar-refractivity contribution in [2.75, 3.05) is 19.7 Å². The quantitative estimate of drug-likeness (QED) is 0.868. The van der Waals surface area contributed by atoms with Gasteiger partial charge >= 0.3 is 0 Å². The van der Waals surface area contributed by atoms with Crippen molar-refractivity contribution in [1.82, 2.24) is 4.90 Å². The van der Waals surface area contributed by atoms with E-state index in [1.165, 1.54) is 6.07 Å². The second-order valence-electron chi connectivity index (χ2n) is 5.54. The first kappa shape index (κ1) is 16.4. The molecule has 1 unspecified atom stereocenters. The van der Waals surface area contributed by atoms with Crippen LogP contribution >= 0.6 is 15.9 Å². The van der Waals surface area contributed by atoms with Gasteiger partial charge in [-0.3, -0.25) is 4.90 Å². The molecule has 1 fully saturated rings. The fourth-order valence-electron chi connectivity index (χ4n) is 2.68. The number of halogens is 3. The van der Waals surface area contributed by atoms with Gasteiger partial charge in [0, 0.05) is 24.1 Å². The lowest BCUT2D eigenvalue weighted by molar-refractivity contribution is -0.0331. The molecule has 0 aliphatic carbocycles. The Morgan fingerprint density at radius 3 is 2.78 bits per heavy atom. The summed E-state index contributed by atoms with van der Waals surface area (Å²) >= 11 is 3.47. The molecular formula is C17H16BrF2NO2. The fraction of sp³-hybridized carbons (Fsp3) is 0.294. The predicted octanol–water partition coefficient (Wildman–Crippen LogP) is 4.01. The Kier molecular flexibility index (Phi) is 4.94. The molecule has 0 bridgehead atoms. The molecule has 1 saturated heterocycles. The van der Waals surface area contributed by atoms with Gasteiger partial charge in [-0.05, 0) is 41.5 Å². The van der Waals surface area contributed by atoms with E-state index in [1.54, 1.807) is 24.3 Å². The zero-order chi connectivity index (χ0) is 16.4. The molecule has 122 valence electrons. The van der Waals surface area contributed by atoms with Gasteiger partial charge in [-0.1, -0.05) is 22.0 Å². The summed E-state index contributed by atoms with van der Waals surface area (Å²) in [5.41, 5.74) is 1.60. The third-order valence-corrected chi connectivity index (χ3v) is 4.66. The number of hydrogen-bond acceptors (Lipinski definition) is 3. The van der Waals surface area contributed by atoms with Gasteiger partial charge in [0.2, 0.25) is 0 Å². The van der Waals surface area contributed by atoms with E-state index >= 15 is 0 Å². The smallest absolute Gasteiger partial charge is 0.159 e. The first-order valence-corrected chi connectivity index (χ1v) is 8.08. The zero-order valence-electron chi connectivity index (χ0n) is 12.3. The van der Waals surface area contributed by atoms with Crippen LogP contribution in [-0.4, -0.2) is 29.7 Å². The molecule has 0 aromatic heterocycles. The van der Waals surface area contributed by atoms with Gasteiger partial charge < -0.3 is 9.84 Å². The number of ether oxygens (including phenoxy) is 1. The van der Waals surface area contributed by atoms with Crippen LogP contribution in [-0.2, 0) is 11.3 Å². The SMILES string of the molecule is Oc1ccc(Br)c(CN2CCOC(c3ccc(F)c(F)c3)C2)c1. The van der Waals surface area contributed by atoms with Gasteiger partial charge in [-0.2, -0.15) is 0 Å². The van der Waals surface area contributed by atoms with Crippen molar-refractivity contribution in [2.24, 2.45) is 0 Å². The number of aromatic hydroxyl groups is 1. The van der Waals surface area contributed by atoms with Crippen molar-refractivity contribution >= 4 is 15.9 Å². The van der Waals surface area contributed by atoms with Gasteiger partial charge in [-0.25, -0.2) is 8.78 Å². The van der Waals surface area contributed by atoms with Crippen molar-refractivity contribution in [3.8, 4) is 5.75 Å². The highest BCUT2D eigenvalue weighted by molar-refractivity contribution is 9.10. The largest absolute Gasteiger partial charge is 0.508 e. The molecule has 3 nitrogen and oxygen atoms in total. The minimum atomic E-state index is -0.862. The lowest BCUT2D eigenvalue weighted by Crippen LogP contribution is -2.37. The van der Waals surface area contributed by atoms with Crippen molar-refractivity contribution in [3.05, 3.63) is 63.6 Å². The first-order chi connectivity index (χ1) is 11.0. The van der Waals surface area contributed by atoms with E-state index < -0.39 is 11.6 Å². The third-order valence-electron chi connectivity index (χ3n) is 3.89. The zero-order valence-corrected chi connectivity index (χ0v) is 13.9. The Morgan fingerprint density at radius 1 is 1.17 bits per heavy atom. The monoisotopic (exact) mass is 383 g/mol. The van der Waals surface area contributed by atoms with Gasteiger partial charge in [0.05, 0.1) is 12.7 Å². The predicted molar refractivity (Wildman–Crippen MR) is 86.1 cm³/mol. The minimum Gasteiger partial charge on any atom is -0.508 e. The Balaban J connectivity index is 1.73. The maximum absolute atomic E-state index is 13.4. The van der Waals surface area contributed by atoms with E-state index in [-0.39, 0.29) is 11.9 Å². The lowest BCUT2D eigenvalue weighted by atomic mass is 10.1. The molecule has 3 rings (SSSR count). The van der Waals surface area contributed by atoms with Gasteiger partial charge in [0.1, 0.15) is 5.75 Å². The number of hydrogen-bond donors (Lipinski definition) is 1. The maximum Gasteiger partial charge on any atom is 0.159 e. The molecule has 1 aliphatic heterocycles. The van der Waals surface area contributed by atoms with Crippen LogP contribution in [0.4, 0.5) is 8.78 Å². The Hall–Kier alpha value is -1.50. The van der Waals surface area contributed by atoms with Crippen LogP contribution in [0.1, 0.15) is 17.2 Å². The summed E-state index contributed by atoms with van der Waals surface area (Å²) in [5, 5.41) is 9.61. The van der Waals surface area contributed by atoms with E-state index in [2.05, 4.69) is 20.8 Å². The molecule has 23 heavy (non-hydrogen) atoms. The van der Waals surface area contributed by atoms with Crippen molar-refractivity contribution in [1.29, 1.82) is 0 Å². The average Bonchev–Trinajstić information content (AvgIpc) is 2.54. The van der Waals surface area contributed by atoms with Crippen LogP contribution in [0.15, 0.2) is 40.9 Å². The summed E-state index contributed by atoms with van der Waals surface area (Å²) in [6, 6.07) is 9.00. The van der Waals surface area contributed by atoms with E-state index in [4.69, 9.17) is 4.74 Å². The molecular weight excluding hydrogens is 368 g/mol. The molecule has 0 amide bonds. The van der Waals surface area contributed by atoms with Crippen molar-refractivity contribution in [2.45, 2.75) is 12.6 Å². The summed E-state index contributed by atoms with van der Waals surface area (Å²) in [6.45, 7) is 2.47. The van der Waals surface area contributed by atoms with E-state index in [0.717, 1.165) is 22.6 Å². The van der Waals surface area contributed by atoms with Crippen LogP contribution in [0.3, 0.4) is 0 Å². The second kappa shape index (κ2) is 6.95. The lowest BCUT2D eigenvalue weighted by Gasteiger charge is -2.33. The number of phenols is 1. The number of nitrogens with zero attached hydrogens (tertiary/aromatic N) is 1. The molecule has 1 heterocycles. The van der Waals surface area contributed by atoms with Crippen molar-refractivity contribution in [3.63, 3.8) is 0 Å². The Bertz CT molecular complexity index is 711. The van der Waals surface area contributed by atoms with Crippen LogP contribution in [0, 0.1) is 11.6 Å². The highest BCUT2D eigenvalue weighted by Crippen LogP contribution is 2.27. The first-order valence-electron chi connectivity index (χ1n) is 7.29. The van der Waals surface area contributed by atoms with Gasteiger partial charge in [0.25, 0.3) is 0 Å². The highest BCUT2D eigenvalue weighted by Gasteiger charge is 2.23. The number of phenolic OH excluding ortho intramolecular Hbond substituents is 1. The van der Waals surface area contributed by atoms with E-state index in [0.29, 0.717) is 25.3 Å². The standard InChI is InChI=1S/C17H16BrF2NO2/c18-14-3-2-13(22)7-12(14)9-21-5-6-23-17(10-21)11-1-4-15(19)16(20)8-11/h1-4,7-8,17,22H,5-6,9-10H2. The molecule has 6 heteroatoms. The molecule has 2 aromatic carbocycles. The Labute approximate surface area is 141 Å². The van der Waals surface area contributed by atoms with Gasteiger partial charge in [0.15, 0.2) is 11.6 Å². The molecule has 0 radical (unpaired) electrons. The number of morpholine rings is 1. The van der Waals surface area contributed by atoms with Crippen LogP contribution in [0.5, 0.6) is 5.75 Å². The Morgan fingerprint density at radius 2 is 2.00 bits per heavy atom. The molecule has 1 atom stereocenters. The molecule has 1 aliphatic rings. The van der Waals surface area contributed by atoms with Crippen molar-refractivity contribution < 1.29 is 18.6 Å². The third kappa shape index (κ3) is 3.88. The molecule has 1 N–H and O–H groups in total. The topological polar surface area (TPSA) is 32.7 Å².